The van der Waals surface area contributed by atoms with Gasteiger partial charge in [-0.2, -0.15) is 9.30 Å². The van der Waals surface area contributed by atoms with Crippen LogP contribution in [-0.4, -0.2) is 63.6 Å². The number of piperidine rings is 1. The highest BCUT2D eigenvalue weighted by Gasteiger charge is 2.28. The van der Waals surface area contributed by atoms with Crippen LogP contribution < -0.4 is 14.3 Å². The minimum Gasteiger partial charge on any atom is -0.493 e. The van der Waals surface area contributed by atoms with Crippen molar-refractivity contribution in [2.75, 3.05) is 34.4 Å². The van der Waals surface area contributed by atoms with Crippen LogP contribution in [0, 0.1) is 5.92 Å². The number of esters is 1. The summed E-state index contributed by atoms with van der Waals surface area (Å²) in [6.45, 7) is 2.93. The number of benzene rings is 2. The zero-order valence-electron chi connectivity index (χ0n) is 21.1. The van der Waals surface area contributed by atoms with Crippen LogP contribution in [0.3, 0.4) is 0 Å². The Bertz CT molecular complexity index is 1480. The third-order valence-corrected chi connectivity index (χ3v) is 9.34. The molecule has 1 amide bonds. The molecule has 1 aliphatic heterocycles. The van der Waals surface area contributed by atoms with E-state index in [1.165, 1.54) is 61.2 Å². The lowest BCUT2D eigenvalue weighted by molar-refractivity contribution is -0.141. The quantitative estimate of drug-likeness (QED) is 0.418. The molecular weight excluding hydrogens is 518 g/mol. The number of rotatable bonds is 7. The number of fused-ring (bicyclic) bond motifs is 1. The number of amides is 1. The van der Waals surface area contributed by atoms with Gasteiger partial charge in [0.05, 0.1) is 36.4 Å². The van der Waals surface area contributed by atoms with Gasteiger partial charge in [0.15, 0.2) is 16.3 Å². The molecule has 0 atom stereocenters. The van der Waals surface area contributed by atoms with E-state index in [2.05, 4.69) is 11.9 Å². The third-order valence-electron chi connectivity index (χ3n) is 6.38. The van der Waals surface area contributed by atoms with Crippen molar-refractivity contribution >= 4 is 43.5 Å². The molecule has 0 saturated carbocycles. The van der Waals surface area contributed by atoms with E-state index in [0.29, 0.717) is 36.0 Å². The van der Waals surface area contributed by atoms with E-state index in [4.69, 9.17) is 14.2 Å². The molecule has 0 spiro atoms. The van der Waals surface area contributed by atoms with Gasteiger partial charge in [-0.1, -0.05) is 18.3 Å². The fourth-order valence-corrected chi connectivity index (χ4v) is 6.63. The second-order valence-corrected chi connectivity index (χ2v) is 11.7. The maximum atomic E-state index is 13.0. The van der Waals surface area contributed by atoms with E-state index in [-0.39, 0.29) is 21.8 Å². The summed E-state index contributed by atoms with van der Waals surface area (Å²) < 4.78 is 45.3. The van der Waals surface area contributed by atoms with Crippen LogP contribution >= 0.6 is 11.3 Å². The van der Waals surface area contributed by atoms with Crippen molar-refractivity contribution < 1.29 is 32.2 Å². The standard InChI is InChI=1S/C25H29N3O7S2/c1-16-9-11-27(12-10-16)37(31,32)18-7-5-17(6-8-18)24(30)26-25-28(15-23(29)35-4)19-13-20(33-2)21(34-3)14-22(19)36-25/h5-8,13-14,16H,9-12,15H2,1-4H3. The maximum Gasteiger partial charge on any atom is 0.325 e. The van der Waals surface area contributed by atoms with Gasteiger partial charge in [-0.25, -0.2) is 8.42 Å². The summed E-state index contributed by atoms with van der Waals surface area (Å²) in [5.41, 5.74) is 0.848. The number of thiazole rings is 1. The summed E-state index contributed by atoms with van der Waals surface area (Å²) in [4.78, 5) is 29.8. The average molecular weight is 548 g/mol. The smallest absolute Gasteiger partial charge is 0.325 e. The minimum absolute atomic E-state index is 0.139. The van der Waals surface area contributed by atoms with Crippen molar-refractivity contribution in [2.24, 2.45) is 10.9 Å². The molecular formula is C25H29N3O7S2. The zero-order valence-corrected chi connectivity index (χ0v) is 22.7. The average Bonchev–Trinajstić information content (AvgIpc) is 3.23. The van der Waals surface area contributed by atoms with E-state index in [0.717, 1.165) is 17.5 Å². The molecule has 0 N–H and O–H groups in total. The highest BCUT2D eigenvalue weighted by Crippen LogP contribution is 2.33. The highest BCUT2D eigenvalue weighted by atomic mass is 32.2. The number of carbonyl (C=O) groups excluding carboxylic acids is 2. The molecule has 0 aliphatic carbocycles. The molecule has 4 rings (SSSR count). The normalized spacial score (nSPS) is 15.6. The number of sulfonamides is 1. The van der Waals surface area contributed by atoms with Gasteiger partial charge in [-0.15, -0.1) is 0 Å². The molecule has 198 valence electrons. The monoisotopic (exact) mass is 547 g/mol. The summed E-state index contributed by atoms with van der Waals surface area (Å²) in [5.74, 6) is 0.388. The lowest BCUT2D eigenvalue weighted by Gasteiger charge is -2.29. The molecule has 10 nitrogen and oxygen atoms in total. The number of hydrogen-bond acceptors (Lipinski definition) is 8. The molecule has 12 heteroatoms. The molecule has 1 aliphatic rings. The van der Waals surface area contributed by atoms with Gasteiger partial charge in [0.1, 0.15) is 6.54 Å². The van der Waals surface area contributed by atoms with E-state index in [9.17, 15) is 18.0 Å². The number of aromatic nitrogens is 1. The Morgan fingerprint density at radius 1 is 1.03 bits per heavy atom. The van der Waals surface area contributed by atoms with E-state index in [1.54, 1.807) is 16.7 Å². The number of methoxy groups -OCH3 is 3. The molecule has 3 aromatic rings. The van der Waals surface area contributed by atoms with Crippen molar-refractivity contribution in [1.29, 1.82) is 0 Å². The number of ether oxygens (including phenoxy) is 3. The highest BCUT2D eigenvalue weighted by molar-refractivity contribution is 7.89. The second kappa shape index (κ2) is 11.0. The topological polar surface area (TPSA) is 117 Å². The Kier molecular flexibility index (Phi) is 8.00. The number of nitrogens with zero attached hydrogens (tertiary/aromatic N) is 3. The van der Waals surface area contributed by atoms with Crippen molar-refractivity contribution in [3.8, 4) is 11.5 Å². The molecule has 1 fully saturated rings. The van der Waals surface area contributed by atoms with Gasteiger partial charge in [-0.3, -0.25) is 9.59 Å². The summed E-state index contributed by atoms with van der Waals surface area (Å²) in [7, 11) is 0.678. The second-order valence-electron chi connectivity index (χ2n) is 8.75. The van der Waals surface area contributed by atoms with Gasteiger partial charge >= 0.3 is 5.97 Å². The Labute approximate surface area is 219 Å². The van der Waals surface area contributed by atoms with Crippen molar-refractivity contribution in [1.82, 2.24) is 8.87 Å². The van der Waals surface area contributed by atoms with Crippen LogP contribution in [0.4, 0.5) is 0 Å². The lowest BCUT2D eigenvalue weighted by atomic mass is 10.0. The van der Waals surface area contributed by atoms with Crippen LogP contribution in [-0.2, 0) is 26.1 Å². The van der Waals surface area contributed by atoms with E-state index < -0.39 is 21.9 Å². The molecule has 2 heterocycles. The summed E-state index contributed by atoms with van der Waals surface area (Å²) >= 11 is 1.20. The first-order chi connectivity index (χ1) is 17.7. The molecule has 1 saturated heterocycles. The molecule has 1 aromatic heterocycles. The fraction of sp³-hybridized carbons (Fsp3) is 0.400. The predicted octanol–water partition coefficient (Wildman–Crippen LogP) is 3.05. The Balaban J connectivity index is 1.69. The Morgan fingerprint density at radius 2 is 1.65 bits per heavy atom. The van der Waals surface area contributed by atoms with Crippen LogP contribution in [0.25, 0.3) is 10.2 Å². The summed E-state index contributed by atoms with van der Waals surface area (Å²) in [6.07, 6.45) is 1.65. The van der Waals surface area contributed by atoms with Crippen molar-refractivity contribution in [3.05, 3.63) is 46.8 Å². The Hall–Kier alpha value is -3.22. The number of hydrogen-bond donors (Lipinski definition) is 0. The third kappa shape index (κ3) is 5.55. The molecule has 2 aromatic carbocycles. The Morgan fingerprint density at radius 3 is 2.24 bits per heavy atom. The van der Waals surface area contributed by atoms with Gasteiger partial charge in [0, 0.05) is 30.8 Å². The first-order valence-electron chi connectivity index (χ1n) is 11.7. The maximum absolute atomic E-state index is 13.0. The molecule has 0 radical (unpaired) electrons. The van der Waals surface area contributed by atoms with Crippen LogP contribution in [0.5, 0.6) is 11.5 Å². The van der Waals surface area contributed by atoms with Gasteiger partial charge < -0.3 is 18.8 Å². The molecule has 0 unspecified atom stereocenters. The predicted molar refractivity (Wildman–Crippen MR) is 138 cm³/mol. The van der Waals surface area contributed by atoms with Crippen molar-refractivity contribution in [2.45, 2.75) is 31.2 Å². The van der Waals surface area contributed by atoms with Gasteiger partial charge in [0.25, 0.3) is 5.91 Å². The number of carbonyl (C=O) groups is 2. The van der Waals surface area contributed by atoms with E-state index in [1.807, 2.05) is 0 Å². The molecule has 37 heavy (non-hydrogen) atoms. The lowest BCUT2D eigenvalue weighted by Crippen LogP contribution is -2.37. The minimum atomic E-state index is -3.63. The van der Waals surface area contributed by atoms with Crippen LogP contribution in [0.15, 0.2) is 46.3 Å². The molecule has 0 bridgehead atoms. The summed E-state index contributed by atoms with van der Waals surface area (Å²) in [5, 5.41) is 0. The van der Waals surface area contributed by atoms with Crippen molar-refractivity contribution in [3.63, 3.8) is 0 Å². The SMILES string of the molecule is COC(=O)Cn1c(=NC(=O)c2ccc(S(=O)(=O)N3CCC(C)CC3)cc2)sc2cc(OC)c(OC)cc21. The first kappa shape index (κ1) is 26.8. The van der Waals surface area contributed by atoms with Crippen LogP contribution in [0.2, 0.25) is 0 Å². The van der Waals surface area contributed by atoms with Gasteiger partial charge in [0.2, 0.25) is 10.0 Å². The first-order valence-corrected chi connectivity index (χ1v) is 13.9. The zero-order chi connectivity index (χ0) is 26.7. The van der Waals surface area contributed by atoms with Crippen LogP contribution in [0.1, 0.15) is 30.1 Å². The fourth-order valence-electron chi connectivity index (χ4n) is 4.12. The largest absolute Gasteiger partial charge is 0.493 e. The summed E-state index contributed by atoms with van der Waals surface area (Å²) in [6, 6.07) is 9.22. The van der Waals surface area contributed by atoms with E-state index >= 15 is 0 Å². The van der Waals surface area contributed by atoms with Gasteiger partial charge in [-0.05, 0) is 43.0 Å².